The van der Waals surface area contributed by atoms with Crippen molar-refractivity contribution in [3.8, 4) is 6.07 Å². The number of aliphatic hydroxyl groups excluding tert-OH is 1. The Labute approximate surface area is 182 Å². The molecule has 2 fully saturated rings. The normalized spacial score (nSPS) is 18.1. The molecule has 1 aromatic carbocycles. The number of piperidine rings is 1. The van der Waals surface area contributed by atoms with Crippen LogP contribution >= 0.6 is 0 Å². The number of fused-ring (bicyclic) bond motifs is 1. The van der Waals surface area contributed by atoms with Gasteiger partial charge in [-0.3, -0.25) is 0 Å². The van der Waals surface area contributed by atoms with Crippen molar-refractivity contribution in [2.75, 3.05) is 30.8 Å². The lowest BCUT2D eigenvalue weighted by atomic mass is 10.1. The van der Waals surface area contributed by atoms with Crippen molar-refractivity contribution in [3.05, 3.63) is 47.2 Å². The first kappa shape index (κ1) is 21.1. The zero-order valence-corrected chi connectivity index (χ0v) is 18.0. The summed E-state index contributed by atoms with van der Waals surface area (Å²) in [7, 11) is 1.86. The number of hydrogen-bond donors (Lipinski definition) is 4. The number of nitriles is 1. The summed E-state index contributed by atoms with van der Waals surface area (Å²) in [4.78, 5) is 4.67. The molecule has 1 saturated heterocycles. The number of nitrogens with zero attached hydrogens (tertiary/aromatic N) is 4. The Morgan fingerprint density at radius 2 is 2.06 bits per heavy atom. The van der Waals surface area contributed by atoms with Gasteiger partial charge in [0.05, 0.1) is 23.9 Å². The highest BCUT2D eigenvalue weighted by Gasteiger charge is 2.28. The number of rotatable bonds is 4. The molecule has 1 aliphatic heterocycles. The molecular weight excluding hydrogens is 390 g/mol. The molecule has 0 amide bonds. The molecule has 8 nitrogen and oxygen atoms in total. The second kappa shape index (κ2) is 9.33. The van der Waals surface area contributed by atoms with Gasteiger partial charge in [0.1, 0.15) is 11.6 Å². The van der Waals surface area contributed by atoms with Gasteiger partial charge in [-0.25, -0.2) is 4.98 Å². The SMILES string of the molecule is CNc1cc(Nc2cc(C)cc(C#N)c2)n2ncc(C3CC3)c2n1.OC1CCCNC1. The third-order valence-corrected chi connectivity index (χ3v) is 5.52. The summed E-state index contributed by atoms with van der Waals surface area (Å²) in [6.45, 7) is 3.85. The third kappa shape index (κ3) is 5.13. The van der Waals surface area contributed by atoms with Crippen LogP contribution in [0, 0.1) is 18.3 Å². The molecule has 2 aromatic heterocycles. The molecule has 0 radical (unpaired) electrons. The van der Waals surface area contributed by atoms with Crippen molar-refractivity contribution in [2.45, 2.75) is 44.6 Å². The molecule has 162 valence electrons. The lowest BCUT2D eigenvalue weighted by Gasteiger charge is -2.16. The highest BCUT2D eigenvalue weighted by molar-refractivity contribution is 5.67. The van der Waals surface area contributed by atoms with Gasteiger partial charge in [-0.05, 0) is 68.8 Å². The van der Waals surface area contributed by atoms with Crippen LogP contribution in [-0.2, 0) is 0 Å². The Morgan fingerprint density at radius 1 is 1.23 bits per heavy atom. The van der Waals surface area contributed by atoms with Crippen LogP contribution in [0.1, 0.15) is 48.3 Å². The van der Waals surface area contributed by atoms with E-state index in [9.17, 15) is 0 Å². The largest absolute Gasteiger partial charge is 0.392 e. The number of aliphatic hydroxyl groups is 1. The highest BCUT2D eigenvalue weighted by Crippen LogP contribution is 2.42. The van der Waals surface area contributed by atoms with Crippen LogP contribution in [0.5, 0.6) is 0 Å². The fourth-order valence-electron chi connectivity index (χ4n) is 3.78. The molecule has 0 spiro atoms. The zero-order chi connectivity index (χ0) is 21.8. The van der Waals surface area contributed by atoms with Crippen molar-refractivity contribution in [1.29, 1.82) is 5.26 Å². The first-order valence-electron chi connectivity index (χ1n) is 10.8. The van der Waals surface area contributed by atoms with E-state index in [1.165, 1.54) is 18.4 Å². The van der Waals surface area contributed by atoms with Crippen LogP contribution in [0.25, 0.3) is 5.65 Å². The van der Waals surface area contributed by atoms with Gasteiger partial charge < -0.3 is 21.1 Å². The summed E-state index contributed by atoms with van der Waals surface area (Å²) in [6, 6.07) is 9.83. The molecule has 3 aromatic rings. The minimum Gasteiger partial charge on any atom is -0.392 e. The molecule has 1 saturated carbocycles. The third-order valence-electron chi connectivity index (χ3n) is 5.52. The molecule has 2 aliphatic rings. The minimum atomic E-state index is -0.0752. The van der Waals surface area contributed by atoms with Crippen LogP contribution < -0.4 is 16.0 Å². The maximum atomic E-state index is 9.16. The van der Waals surface area contributed by atoms with E-state index in [2.05, 4.69) is 32.1 Å². The van der Waals surface area contributed by atoms with Gasteiger partial charge in [0.15, 0.2) is 5.65 Å². The Morgan fingerprint density at radius 3 is 2.68 bits per heavy atom. The van der Waals surface area contributed by atoms with E-state index in [4.69, 9.17) is 10.4 Å². The van der Waals surface area contributed by atoms with E-state index < -0.39 is 0 Å². The van der Waals surface area contributed by atoms with Crippen molar-refractivity contribution in [1.82, 2.24) is 19.9 Å². The maximum absolute atomic E-state index is 9.16. The molecule has 1 unspecified atom stereocenters. The first-order chi connectivity index (χ1) is 15.1. The van der Waals surface area contributed by atoms with Gasteiger partial charge in [-0.2, -0.15) is 14.9 Å². The summed E-state index contributed by atoms with van der Waals surface area (Å²) < 4.78 is 1.84. The minimum absolute atomic E-state index is 0.0752. The van der Waals surface area contributed by atoms with E-state index in [1.807, 2.05) is 48.9 Å². The second-order valence-corrected chi connectivity index (χ2v) is 8.21. The molecule has 0 bridgehead atoms. The number of hydrogen-bond acceptors (Lipinski definition) is 7. The van der Waals surface area contributed by atoms with Crippen LogP contribution in [0.4, 0.5) is 17.3 Å². The van der Waals surface area contributed by atoms with E-state index in [0.717, 1.165) is 54.5 Å². The average Bonchev–Trinajstić information content (AvgIpc) is 3.53. The number of aryl methyl sites for hydroxylation is 1. The van der Waals surface area contributed by atoms with Crippen molar-refractivity contribution in [3.63, 3.8) is 0 Å². The topological polar surface area (TPSA) is 110 Å². The summed E-state index contributed by atoms with van der Waals surface area (Å²) in [5, 5.41) is 32.1. The molecule has 1 aliphatic carbocycles. The molecular formula is C23H29N7O. The molecule has 8 heteroatoms. The van der Waals surface area contributed by atoms with E-state index in [0.29, 0.717) is 11.5 Å². The molecule has 1 atom stereocenters. The average molecular weight is 420 g/mol. The number of benzene rings is 1. The lowest BCUT2D eigenvalue weighted by molar-refractivity contribution is 0.142. The zero-order valence-electron chi connectivity index (χ0n) is 18.0. The quantitative estimate of drug-likeness (QED) is 0.513. The lowest BCUT2D eigenvalue weighted by Crippen LogP contribution is -2.33. The van der Waals surface area contributed by atoms with Crippen LogP contribution in [0.2, 0.25) is 0 Å². The summed E-state index contributed by atoms with van der Waals surface area (Å²) in [5.74, 6) is 2.20. The molecule has 31 heavy (non-hydrogen) atoms. The first-order valence-corrected chi connectivity index (χ1v) is 10.8. The number of β-amino-alcohol motifs (C(OH)–C–C–N with tert-alkyl or cyclic N) is 1. The maximum Gasteiger partial charge on any atom is 0.163 e. The van der Waals surface area contributed by atoms with Gasteiger partial charge in [0, 0.05) is 30.9 Å². The van der Waals surface area contributed by atoms with Crippen molar-refractivity contribution in [2.24, 2.45) is 0 Å². The Bertz CT molecular complexity index is 1090. The highest BCUT2D eigenvalue weighted by atomic mass is 16.3. The van der Waals surface area contributed by atoms with E-state index in [-0.39, 0.29) is 6.10 Å². The van der Waals surface area contributed by atoms with E-state index >= 15 is 0 Å². The fourth-order valence-corrected chi connectivity index (χ4v) is 3.78. The van der Waals surface area contributed by atoms with Crippen LogP contribution in [0.15, 0.2) is 30.5 Å². The van der Waals surface area contributed by atoms with Gasteiger partial charge in [-0.1, -0.05) is 0 Å². The van der Waals surface area contributed by atoms with Gasteiger partial charge in [0.25, 0.3) is 0 Å². The van der Waals surface area contributed by atoms with Gasteiger partial charge >= 0.3 is 0 Å². The second-order valence-electron chi connectivity index (χ2n) is 8.21. The number of nitrogens with one attached hydrogen (secondary N) is 3. The number of aromatic nitrogens is 3. The van der Waals surface area contributed by atoms with E-state index in [1.54, 1.807) is 0 Å². The molecule has 5 rings (SSSR count). The van der Waals surface area contributed by atoms with Crippen molar-refractivity contribution < 1.29 is 5.11 Å². The predicted molar refractivity (Wildman–Crippen MR) is 122 cm³/mol. The van der Waals surface area contributed by atoms with Crippen molar-refractivity contribution >= 4 is 23.0 Å². The van der Waals surface area contributed by atoms with Crippen LogP contribution in [0.3, 0.4) is 0 Å². The predicted octanol–water partition coefficient (Wildman–Crippen LogP) is 3.30. The standard InChI is InChI=1S/C18H18N6.C5H11NO/c1-11-5-12(9-19)7-14(6-11)22-17-8-16(20-2)23-18-15(13-3-4-13)10-21-24(17)18;7-5-2-1-3-6-4-5/h5-8,10,13,22H,3-4H2,1-2H3,(H,20,23);5-7H,1-4H2. The molecule has 4 N–H and O–H groups in total. The van der Waals surface area contributed by atoms with Gasteiger partial charge in [0.2, 0.25) is 0 Å². The summed E-state index contributed by atoms with van der Waals surface area (Å²) >= 11 is 0. The Kier molecular flexibility index (Phi) is 6.35. The number of anilines is 3. The van der Waals surface area contributed by atoms with Gasteiger partial charge in [-0.15, -0.1) is 0 Å². The monoisotopic (exact) mass is 419 g/mol. The summed E-state index contributed by atoms with van der Waals surface area (Å²) in [6.07, 6.45) is 6.36. The fraction of sp³-hybridized carbons (Fsp3) is 0.435. The molecule has 3 heterocycles. The van der Waals surface area contributed by atoms with Crippen LogP contribution in [-0.4, -0.2) is 45.9 Å². The Hall–Kier alpha value is -3.15. The smallest absolute Gasteiger partial charge is 0.163 e. The summed E-state index contributed by atoms with van der Waals surface area (Å²) in [5.41, 5.74) is 4.63. The Balaban J connectivity index is 0.000000282.